The number of benzene rings is 1. The highest BCUT2D eigenvalue weighted by Crippen LogP contribution is 2.27. The number of hydrogen-bond donors (Lipinski definition) is 1. The molecule has 2 heterocycles. The van der Waals surface area contributed by atoms with Crippen molar-refractivity contribution in [2.24, 2.45) is 0 Å². The Balaban J connectivity index is 1.83. The number of anilines is 1. The van der Waals surface area contributed by atoms with Crippen LogP contribution in [0.25, 0.3) is 11.1 Å². The molecule has 0 saturated carbocycles. The highest BCUT2D eigenvalue weighted by Gasteiger charge is 2.30. The smallest absolute Gasteiger partial charge is 0.432 e. The predicted octanol–water partition coefficient (Wildman–Crippen LogP) is 2.58. The quantitative estimate of drug-likeness (QED) is 0.845. The van der Waals surface area contributed by atoms with Gasteiger partial charge in [-0.15, -0.1) is 0 Å². The number of rotatable bonds is 2. The summed E-state index contributed by atoms with van der Waals surface area (Å²) >= 11 is 3.35. The summed E-state index contributed by atoms with van der Waals surface area (Å²) in [7, 11) is 0. The second-order valence-electron chi connectivity index (χ2n) is 4.75. The number of carbonyl (C=O) groups is 2. The van der Waals surface area contributed by atoms with E-state index in [2.05, 4.69) is 21.0 Å². The Bertz CT molecular complexity index is 696. The zero-order chi connectivity index (χ0) is 15.0. The molecule has 1 saturated heterocycles. The largest absolute Gasteiger partial charge is 0.463 e. The lowest BCUT2D eigenvalue weighted by atomic mass is 10.1. The second-order valence-corrected chi connectivity index (χ2v) is 5.85. The van der Waals surface area contributed by atoms with E-state index in [1.165, 1.54) is 12.4 Å². The monoisotopic (exact) mass is 349 g/mol. The molecule has 0 radical (unpaired) electrons. The van der Waals surface area contributed by atoms with E-state index in [-0.39, 0.29) is 10.7 Å². The Labute approximate surface area is 129 Å². The fraction of sp³-hybridized carbons (Fsp3) is 0.214. The number of hydrogen-bond acceptors (Lipinski definition) is 3. The van der Waals surface area contributed by atoms with Crippen LogP contribution in [0, 0.1) is 0 Å². The van der Waals surface area contributed by atoms with Gasteiger partial charge in [-0.3, -0.25) is 4.79 Å². The van der Waals surface area contributed by atoms with Gasteiger partial charge in [0.2, 0.25) is 5.91 Å². The molecule has 1 fully saturated rings. The molecule has 1 aromatic carbocycles. The maximum Gasteiger partial charge on any atom is 0.432 e. The Hall–Kier alpha value is -2.15. The van der Waals surface area contributed by atoms with E-state index in [0.717, 1.165) is 27.9 Å². The zero-order valence-electron chi connectivity index (χ0n) is 10.9. The third kappa shape index (κ3) is 2.56. The minimum atomic E-state index is -1.12. The number of aromatic nitrogens is 2. The summed E-state index contributed by atoms with van der Waals surface area (Å²) in [5, 5.41) is 12.6. The first-order valence-electron chi connectivity index (χ1n) is 6.40. The van der Waals surface area contributed by atoms with Crippen LogP contribution in [-0.2, 0) is 4.79 Å². The molecule has 3 rings (SSSR count). The molecule has 7 heteroatoms. The minimum Gasteiger partial charge on any atom is -0.463 e. The fourth-order valence-corrected chi connectivity index (χ4v) is 2.76. The van der Waals surface area contributed by atoms with Crippen LogP contribution in [0.5, 0.6) is 0 Å². The molecular weight excluding hydrogens is 338 g/mol. The highest BCUT2D eigenvalue weighted by atomic mass is 79.9. The van der Waals surface area contributed by atoms with E-state index >= 15 is 0 Å². The molecular formula is C14H12BrN3O3. The van der Waals surface area contributed by atoms with Crippen LogP contribution >= 0.6 is 15.9 Å². The molecule has 1 aliphatic heterocycles. The van der Waals surface area contributed by atoms with Crippen LogP contribution in [0.15, 0.2) is 36.7 Å². The SMILES string of the molecule is O=C1C(Br)CCN1c1ccc(-c2cnn(C(=O)O)c2)cc1. The lowest BCUT2D eigenvalue weighted by Gasteiger charge is -2.16. The molecule has 6 nitrogen and oxygen atoms in total. The van der Waals surface area contributed by atoms with Gasteiger partial charge in [-0.2, -0.15) is 9.78 Å². The van der Waals surface area contributed by atoms with E-state index in [0.29, 0.717) is 6.54 Å². The van der Waals surface area contributed by atoms with Gasteiger partial charge >= 0.3 is 6.09 Å². The summed E-state index contributed by atoms with van der Waals surface area (Å²) < 4.78 is 0.864. The van der Waals surface area contributed by atoms with Gasteiger partial charge in [0.25, 0.3) is 0 Å². The fourth-order valence-electron chi connectivity index (χ4n) is 2.31. The van der Waals surface area contributed by atoms with Crippen LogP contribution in [0.2, 0.25) is 0 Å². The Kier molecular flexibility index (Phi) is 3.50. The van der Waals surface area contributed by atoms with Crippen molar-refractivity contribution in [2.75, 3.05) is 11.4 Å². The van der Waals surface area contributed by atoms with Crippen LogP contribution in [0.3, 0.4) is 0 Å². The number of alkyl halides is 1. The molecule has 1 aromatic heterocycles. The van der Waals surface area contributed by atoms with Crippen molar-refractivity contribution in [3.8, 4) is 11.1 Å². The normalized spacial score (nSPS) is 18.2. The first kappa shape index (κ1) is 13.8. The summed E-state index contributed by atoms with van der Waals surface area (Å²) in [6, 6.07) is 7.42. The third-order valence-electron chi connectivity index (χ3n) is 3.43. The number of halogens is 1. The molecule has 1 N–H and O–H groups in total. The van der Waals surface area contributed by atoms with Crippen molar-refractivity contribution in [1.82, 2.24) is 9.78 Å². The molecule has 108 valence electrons. The van der Waals surface area contributed by atoms with Crippen LogP contribution in [0.4, 0.5) is 10.5 Å². The second kappa shape index (κ2) is 5.33. The predicted molar refractivity (Wildman–Crippen MR) is 80.8 cm³/mol. The van der Waals surface area contributed by atoms with Gasteiger partial charge in [-0.1, -0.05) is 28.1 Å². The summed E-state index contributed by atoms with van der Waals surface area (Å²) in [5.74, 6) is 0.0708. The minimum absolute atomic E-state index is 0.0708. The van der Waals surface area contributed by atoms with Crippen molar-refractivity contribution in [3.05, 3.63) is 36.7 Å². The standard InChI is InChI=1S/C14H12BrN3O3/c15-12-5-6-17(13(12)19)11-3-1-9(2-4-11)10-7-16-18(8-10)14(20)21/h1-4,7-8,12H,5-6H2,(H,20,21). The molecule has 1 aliphatic rings. The molecule has 1 unspecified atom stereocenters. The van der Waals surface area contributed by atoms with Crippen LogP contribution in [-0.4, -0.2) is 38.3 Å². The molecule has 0 aliphatic carbocycles. The third-order valence-corrected chi connectivity index (χ3v) is 4.28. The summed E-state index contributed by atoms with van der Waals surface area (Å²) in [6.45, 7) is 0.699. The van der Waals surface area contributed by atoms with Crippen molar-refractivity contribution in [2.45, 2.75) is 11.2 Å². The number of amides is 1. The van der Waals surface area contributed by atoms with E-state index in [1.807, 2.05) is 24.3 Å². The Morgan fingerprint density at radius 1 is 1.29 bits per heavy atom. The summed E-state index contributed by atoms with van der Waals surface area (Å²) in [6.07, 6.45) is 2.63. The molecule has 21 heavy (non-hydrogen) atoms. The van der Waals surface area contributed by atoms with Gasteiger partial charge in [-0.25, -0.2) is 4.79 Å². The average molecular weight is 350 g/mol. The first-order chi connectivity index (χ1) is 10.1. The molecule has 2 aromatic rings. The maximum atomic E-state index is 11.9. The Morgan fingerprint density at radius 2 is 2.00 bits per heavy atom. The van der Waals surface area contributed by atoms with Crippen molar-refractivity contribution >= 4 is 33.6 Å². The topological polar surface area (TPSA) is 75.4 Å². The number of carboxylic acid groups (broad SMARTS) is 1. The maximum absolute atomic E-state index is 11.9. The van der Waals surface area contributed by atoms with Crippen LogP contribution in [0.1, 0.15) is 6.42 Å². The zero-order valence-corrected chi connectivity index (χ0v) is 12.5. The van der Waals surface area contributed by atoms with Gasteiger partial charge in [0, 0.05) is 24.0 Å². The van der Waals surface area contributed by atoms with Gasteiger partial charge in [0.1, 0.15) is 0 Å². The number of carbonyl (C=O) groups excluding carboxylic acids is 1. The lowest BCUT2D eigenvalue weighted by Crippen LogP contribution is -2.26. The van der Waals surface area contributed by atoms with E-state index in [1.54, 1.807) is 4.90 Å². The van der Waals surface area contributed by atoms with E-state index in [9.17, 15) is 9.59 Å². The van der Waals surface area contributed by atoms with Crippen molar-refractivity contribution < 1.29 is 14.7 Å². The van der Waals surface area contributed by atoms with Gasteiger partial charge in [-0.05, 0) is 24.1 Å². The van der Waals surface area contributed by atoms with Gasteiger partial charge < -0.3 is 10.0 Å². The van der Waals surface area contributed by atoms with Gasteiger partial charge in [0.05, 0.1) is 11.0 Å². The van der Waals surface area contributed by atoms with Crippen molar-refractivity contribution in [3.63, 3.8) is 0 Å². The number of nitrogens with zero attached hydrogens (tertiary/aromatic N) is 3. The molecule has 0 bridgehead atoms. The average Bonchev–Trinajstić information content (AvgIpc) is 3.08. The van der Waals surface area contributed by atoms with E-state index in [4.69, 9.17) is 5.11 Å². The lowest BCUT2D eigenvalue weighted by molar-refractivity contribution is -0.116. The Morgan fingerprint density at radius 3 is 2.52 bits per heavy atom. The summed E-state index contributed by atoms with van der Waals surface area (Å²) in [4.78, 5) is 24.4. The highest BCUT2D eigenvalue weighted by molar-refractivity contribution is 9.10. The summed E-state index contributed by atoms with van der Waals surface area (Å²) in [5.41, 5.74) is 2.42. The first-order valence-corrected chi connectivity index (χ1v) is 7.31. The molecule has 1 atom stereocenters. The van der Waals surface area contributed by atoms with Gasteiger partial charge in [0.15, 0.2) is 0 Å². The van der Waals surface area contributed by atoms with E-state index < -0.39 is 6.09 Å². The van der Waals surface area contributed by atoms with Crippen molar-refractivity contribution in [1.29, 1.82) is 0 Å². The molecule has 0 spiro atoms. The van der Waals surface area contributed by atoms with Crippen LogP contribution < -0.4 is 4.90 Å². The molecule has 1 amide bonds.